The molecule has 0 aliphatic carbocycles. The van der Waals surface area contributed by atoms with Gasteiger partial charge in [0.2, 0.25) is 0 Å². The Bertz CT molecular complexity index is 318. The summed E-state index contributed by atoms with van der Waals surface area (Å²) in [6, 6.07) is 5.27. The van der Waals surface area contributed by atoms with Crippen LogP contribution in [0.2, 0.25) is 10.0 Å². The highest BCUT2D eigenvalue weighted by atomic mass is 35.5. The van der Waals surface area contributed by atoms with Crippen molar-refractivity contribution in [2.24, 2.45) is 0 Å². The number of benzene rings is 1. The fraction of sp³-hybridized carbons (Fsp3) is 0.500. The first kappa shape index (κ1) is 13.6. The molecular formula is C12H17Cl2NO. The molecule has 0 spiro atoms. The first-order chi connectivity index (χ1) is 7.74. The van der Waals surface area contributed by atoms with Crippen molar-refractivity contribution in [3.63, 3.8) is 0 Å². The van der Waals surface area contributed by atoms with Gasteiger partial charge in [0.05, 0.1) is 11.6 Å². The van der Waals surface area contributed by atoms with Crippen LogP contribution in [0.1, 0.15) is 19.8 Å². The quantitative estimate of drug-likeness (QED) is 0.755. The zero-order valence-electron chi connectivity index (χ0n) is 9.43. The van der Waals surface area contributed by atoms with E-state index in [4.69, 9.17) is 27.9 Å². The lowest BCUT2D eigenvalue weighted by Gasteiger charge is -2.08. The molecule has 1 rings (SSSR count). The molecule has 0 heterocycles. The van der Waals surface area contributed by atoms with Crippen molar-refractivity contribution >= 4 is 23.2 Å². The van der Waals surface area contributed by atoms with E-state index < -0.39 is 0 Å². The Balaban J connectivity index is 2.21. The molecule has 1 aromatic carbocycles. The summed E-state index contributed by atoms with van der Waals surface area (Å²) in [6.45, 7) is 4.84. The molecule has 0 saturated carbocycles. The fourth-order valence-corrected chi connectivity index (χ4v) is 1.77. The van der Waals surface area contributed by atoms with Crippen LogP contribution in [0, 0.1) is 0 Å². The maximum Gasteiger partial charge on any atom is 0.137 e. The molecule has 0 bridgehead atoms. The van der Waals surface area contributed by atoms with Crippen LogP contribution < -0.4 is 10.1 Å². The molecule has 0 unspecified atom stereocenters. The second-order valence-electron chi connectivity index (χ2n) is 3.48. The van der Waals surface area contributed by atoms with Crippen LogP contribution in [-0.4, -0.2) is 19.7 Å². The van der Waals surface area contributed by atoms with Crippen LogP contribution in [0.3, 0.4) is 0 Å². The summed E-state index contributed by atoms with van der Waals surface area (Å²) < 4.78 is 5.55. The molecule has 0 aromatic heterocycles. The Morgan fingerprint density at radius 2 is 2.06 bits per heavy atom. The number of hydrogen-bond acceptors (Lipinski definition) is 2. The Morgan fingerprint density at radius 1 is 1.25 bits per heavy atom. The number of hydrogen-bond donors (Lipinski definition) is 1. The predicted molar refractivity (Wildman–Crippen MR) is 69.7 cm³/mol. The van der Waals surface area contributed by atoms with E-state index in [2.05, 4.69) is 12.2 Å². The molecule has 0 amide bonds. The lowest BCUT2D eigenvalue weighted by atomic mass is 10.3. The van der Waals surface area contributed by atoms with Crippen LogP contribution in [0.5, 0.6) is 5.75 Å². The fourth-order valence-electron chi connectivity index (χ4n) is 1.30. The Morgan fingerprint density at radius 3 is 2.75 bits per heavy atom. The first-order valence-corrected chi connectivity index (χ1v) is 6.28. The van der Waals surface area contributed by atoms with Gasteiger partial charge in [-0.15, -0.1) is 0 Å². The molecule has 1 aromatic rings. The highest BCUT2D eigenvalue weighted by Crippen LogP contribution is 2.27. The number of rotatable bonds is 7. The molecule has 0 saturated heterocycles. The molecule has 0 radical (unpaired) electrons. The third-order valence-electron chi connectivity index (χ3n) is 2.15. The third-order valence-corrected chi connectivity index (χ3v) is 2.68. The monoisotopic (exact) mass is 261 g/mol. The largest absolute Gasteiger partial charge is 0.492 e. The van der Waals surface area contributed by atoms with Gasteiger partial charge in [0.15, 0.2) is 0 Å². The number of nitrogens with one attached hydrogen (secondary N) is 1. The predicted octanol–water partition coefficient (Wildman–Crippen LogP) is 3.76. The van der Waals surface area contributed by atoms with Crippen molar-refractivity contribution in [1.82, 2.24) is 5.32 Å². The van der Waals surface area contributed by atoms with Gasteiger partial charge in [0.25, 0.3) is 0 Å². The zero-order valence-corrected chi connectivity index (χ0v) is 10.9. The molecule has 16 heavy (non-hydrogen) atoms. The highest BCUT2D eigenvalue weighted by molar-refractivity contribution is 6.35. The third kappa shape index (κ3) is 5.06. The number of unbranched alkanes of at least 4 members (excludes halogenated alkanes) is 1. The molecule has 0 fully saturated rings. The van der Waals surface area contributed by atoms with Crippen LogP contribution in [0.25, 0.3) is 0 Å². The van der Waals surface area contributed by atoms with Gasteiger partial charge in [-0.3, -0.25) is 0 Å². The molecule has 0 aliphatic rings. The van der Waals surface area contributed by atoms with E-state index in [1.54, 1.807) is 18.2 Å². The molecule has 2 nitrogen and oxygen atoms in total. The zero-order chi connectivity index (χ0) is 11.8. The van der Waals surface area contributed by atoms with Crippen LogP contribution in [0.4, 0.5) is 0 Å². The van der Waals surface area contributed by atoms with Gasteiger partial charge < -0.3 is 10.1 Å². The van der Waals surface area contributed by atoms with Gasteiger partial charge in [-0.2, -0.15) is 0 Å². The van der Waals surface area contributed by atoms with E-state index in [1.165, 1.54) is 0 Å². The topological polar surface area (TPSA) is 21.3 Å². The van der Waals surface area contributed by atoms with Gasteiger partial charge >= 0.3 is 0 Å². The number of ether oxygens (including phenoxy) is 1. The van der Waals surface area contributed by atoms with Crippen molar-refractivity contribution in [3.05, 3.63) is 28.2 Å². The smallest absolute Gasteiger partial charge is 0.137 e. The summed E-state index contributed by atoms with van der Waals surface area (Å²) >= 11 is 11.8. The maximum atomic E-state index is 5.97. The minimum atomic E-state index is 0.569. The summed E-state index contributed by atoms with van der Waals surface area (Å²) in [4.78, 5) is 0. The van der Waals surface area contributed by atoms with Crippen molar-refractivity contribution in [2.45, 2.75) is 19.8 Å². The standard InChI is InChI=1S/C12H17Cl2NO/c1-2-15-7-3-4-8-16-12-6-5-10(13)9-11(12)14/h5-6,9,15H,2-4,7-8H2,1H3. The lowest BCUT2D eigenvalue weighted by Crippen LogP contribution is -2.14. The van der Waals surface area contributed by atoms with Gasteiger partial charge in [0, 0.05) is 5.02 Å². The first-order valence-electron chi connectivity index (χ1n) is 5.52. The Labute approximate surface area is 107 Å². The summed E-state index contributed by atoms with van der Waals surface area (Å²) in [5.41, 5.74) is 0. The minimum Gasteiger partial charge on any atom is -0.492 e. The van der Waals surface area contributed by atoms with E-state index in [-0.39, 0.29) is 0 Å². The molecule has 0 aliphatic heterocycles. The summed E-state index contributed by atoms with van der Waals surface area (Å²) in [7, 11) is 0. The van der Waals surface area contributed by atoms with E-state index in [9.17, 15) is 0 Å². The Hall–Kier alpha value is -0.440. The van der Waals surface area contributed by atoms with Gasteiger partial charge in [-0.05, 0) is 44.1 Å². The second-order valence-corrected chi connectivity index (χ2v) is 4.33. The average molecular weight is 262 g/mol. The van der Waals surface area contributed by atoms with E-state index in [0.29, 0.717) is 22.4 Å². The van der Waals surface area contributed by atoms with Crippen LogP contribution >= 0.6 is 23.2 Å². The van der Waals surface area contributed by atoms with Crippen LogP contribution in [-0.2, 0) is 0 Å². The lowest BCUT2D eigenvalue weighted by molar-refractivity contribution is 0.306. The van der Waals surface area contributed by atoms with E-state index in [0.717, 1.165) is 25.9 Å². The number of halogens is 2. The van der Waals surface area contributed by atoms with Crippen molar-refractivity contribution < 1.29 is 4.74 Å². The Kier molecular flexibility index (Phi) is 6.62. The SMILES string of the molecule is CCNCCCCOc1ccc(Cl)cc1Cl. The minimum absolute atomic E-state index is 0.569. The van der Waals surface area contributed by atoms with Gasteiger partial charge in [-0.25, -0.2) is 0 Å². The van der Waals surface area contributed by atoms with E-state index >= 15 is 0 Å². The summed E-state index contributed by atoms with van der Waals surface area (Å²) in [6.07, 6.45) is 2.13. The molecule has 0 atom stereocenters. The summed E-state index contributed by atoms with van der Waals surface area (Å²) in [5, 5.41) is 4.46. The molecular weight excluding hydrogens is 245 g/mol. The van der Waals surface area contributed by atoms with Gasteiger partial charge in [0.1, 0.15) is 5.75 Å². The molecule has 90 valence electrons. The normalized spacial score (nSPS) is 10.4. The molecule has 1 N–H and O–H groups in total. The molecule has 4 heteroatoms. The summed E-state index contributed by atoms with van der Waals surface area (Å²) in [5.74, 6) is 0.703. The van der Waals surface area contributed by atoms with Crippen molar-refractivity contribution in [2.75, 3.05) is 19.7 Å². The maximum absolute atomic E-state index is 5.97. The van der Waals surface area contributed by atoms with Crippen molar-refractivity contribution in [1.29, 1.82) is 0 Å². The second kappa shape index (κ2) is 7.77. The van der Waals surface area contributed by atoms with Gasteiger partial charge in [-0.1, -0.05) is 30.1 Å². The van der Waals surface area contributed by atoms with E-state index in [1.807, 2.05) is 0 Å². The van der Waals surface area contributed by atoms with Crippen LogP contribution in [0.15, 0.2) is 18.2 Å². The average Bonchev–Trinajstić information content (AvgIpc) is 2.26. The van der Waals surface area contributed by atoms with Crippen molar-refractivity contribution in [3.8, 4) is 5.75 Å². The highest BCUT2D eigenvalue weighted by Gasteiger charge is 2.01.